The number of carbonyl (C=O) groups excluding carboxylic acids is 2. The molecule has 1 aliphatic rings. The summed E-state index contributed by atoms with van der Waals surface area (Å²) >= 11 is 0. The number of hydrogen-bond donors (Lipinski definition) is 2. The fraction of sp³-hybridized carbons (Fsp3) is 0.391. The molecule has 0 spiro atoms. The molecule has 0 radical (unpaired) electrons. The van der Waals surface area contributed by atoms with Crippen LogP contribution in [0.3, 0.4) is 0 Å². The molecule has 2 N–H and O–H groups in total. The van der Waals surface area contributed by atoms with Gasteiger partial charge in [0.25, 0.3) is 5.91 Å². The van der Waals surface area contributed by atoms with Crippen LogP contribution in [0.1, 0.15) is 42.1 Å². The molecule has 2 aromatic rings. The minimum Gasteiger partial charge on any atom is -0.377 e. The van der Waals surface area contributed by atoms with E-state index in [-0.39, 0.29) is 11.9 Å². The number of anilines is 3. The van der Waals surface area contributed by atoms with Gasteiger partial charge in [0.1, 0.15) is 0 Å². The molecular weight excluding hydrogens is 364 g/mol. The lowest BCUT2D eigenvalue weighted by molar-refractivity contribution is 0.0725. The summed E-state index contributed by atoms with van der Waals surface area (Å²) in [5.41, 5.74) is 4.01. The molecule has 29 heavy (non-hydrogen) atoms. The zero-order valence-electron chi connectivity index (χ0n) is 17.5. The number of amides is 3. The van der Waals surface area contributed by atoms with Gasteiger partial charge in [-0.05, 0) is 61.6 Å². The molecule has 2 aromatic carbocycles. The lowest BCUT2D eigenvalue weighted by atomic mass is 10.1. The van der Waals surface area contributed by atoms with Crippen molar-refractivity contribution in [2.24, 2.45) is 0 Å². The molecule has 3 amide bonds. The molecular formula is C23H30N4O2. The Morgan fingerprint density at radius 1 is 0.931 bits per heavy atom. The smallest absolute Gasteiger partial charge is 0.323 e. The van der Waals surface area contributed by atoms with Gasteiger partial charge in [-0.15, -0.1) is 0 Å². The summed E-state index contributed by atoms with van der Waals surface area (Å²) in [6, 6.07) is 12.9. The van der Waals surface area contributed by atoms with Gasteiger partial charge in [-0.1, -0.05) is 19.1 Å². The molecule has 0 aliphatic carbocycles. The van der Waals surface area contributed by atoms with E-state index in [0.29, 0.717) is 11.3 Å². The van der Waals surface area contributed by atoms with Gasteiger partial charge in [0.05, 0.1) is 5.56 Å². The maximum absolute atomic E-state index is 13.1. The number of hydrogen-bond acceptors (Lipinski definition) is 3. The van der Waals surface area contributed by atoms with E-state index in [1.807, 2.05) is 60.3 Å². The van der Waals surface area contributed by atoms with Crippen molar-refractivity contribution in [2.45, 2.75) is 32.6 Å². The zero-order chi connectivity index (χ0) is 20.8. The number of nitrogens with zero attached hydrogens (tertiary/aromatic N) is 2. The average molecular weight is 395 g/mol. The average Bonchev–Trinajstić information content (AvgIpc) is 2.74. The van der Waals surface area contributed by atoms with Crippen LogP contribution in [-0.4, -0.2) is 44.0 Å². The number of rotatable bonds is 5. The monoisotopic (exact) mass is 394 g/mol. The summed E-state index contributed by atoms with van der Waals surface area (Å²) in [5, 5.41) is 5.68. The van der Waals surface area contributed by atoms with E-state index in [2.05, 4.69) is 17.6 Å². The first kappa shape index (κ1) is 20.7. The van der Waals surface area contributed by atoms with Crippen LogP contribution in [0.2, 0.25) is 0 Å². The van der Waals surface area contributed by atoms with Gasteiger partial charge in [-0.2, -0.15) is 0 Å². The third-order valence-corrected chi connectivity index (χ3v) is 5.23. The molecule has 0 unspecified atom stereocenters. The Bertz CT molecular complexity index is 856. The third-order valence-electron chi connectivity index (χ3n) is 5.23. The van der Waals surface area contributed by atoms with Crippen LogP contribution >= 0.6 is 0 Å². The summed E-state index contributed by atoms with van der Waals surface area (Å²) in [7, 11) is 3.84. The number of likely N-dealkylation sites (tertiary alicyclic amines) is 1. The van der Waals surface area contributed by atoms with Gasteiger partial charge in [-0.3, -0.25) is 4.79 Å². The van der Waals surface area contributed by atoms with Gasteiger partial charge >= 0.3 is 6.03 Å². The van der Waals surface area contributed by atoms with Crippen molar-refractivity contribution in [2.75, 3.05) is 42.7 Å². The van der Waals surface area contributed by atoms with Crippen molar-refractivity contribution in [3.63, 3.8) is 0 Å². The van der Waals surface area contributed by atoms with Crippen LogP contribution in [-0.2, 0) is 6.42 Å². The molecule has 1 saturated heterocycles. The number of piperidine rings is 1. The standard InChI is InChI=1S/C23H30N4O2/c1-4-17-8-10-18(11-9-17)24-23(29)25-19-12-13-21(26(2)3)20(16-19)22(28)27-14-6-5-7-15-27/h8-13,16H,4-7,14-15H2,1-3H3,(H2,24,25,29). The quantitative estimate of drug-likeness (QED) is 0.780. The van der Waals surface area contributed by atoms with E-state index >= 15 is 0 Å². The molecule has 1 fully saturated rings. The first-order valence-electron chi connectivity index (χ1n) is 10.3. The maximum Gasteiger partial charge on any atom is 0.323 e. The number of carbonyl (C=O) groups is 2. The highest BCUT2D eigenvalue weighted by Gasteiger charge is 2.22. The SMILES string of the molecule is CCc1ccc(NC(=O)Nc2ccc(N(C)C)c(C(=O)N3CCCCC3)c2)cc1. The van der Waals surface area contributed by atoms with E-state index in [4.69, 9.17) is 0 Å². The van der Waals surface area contributed by atoms with Gasteiger partial charge in [0.15, 0.2) is 0 Å². The van der Waals surface area contributed by atoms with E-state index in [0.717, 1.165) is 43.7 Å². The summed E-state index contributed by atoms with van der Waals surface area (Å²) < 4.78 is 0. The van der Waals surface area contributed by atoms with Crippen LogP contribution in [0.5, 0.6) is 0 Å². The lowest BCUT2D eigenvalue weighted by Gasteiger charge is -2.28. The fourth-order valence-corrected chi connectivity index (χ4v) is 3.56. The highest BCUT2D eigenvalue weighted by atomic mass is 16.2. The Kier molecular flexibility index (Phi) is 6.75. The number of aryl methyl sites for hydroxylation is 1. The van der Waals surface area contributed by atoms with Crippen LogP contribution in [0.4, 0.5) is 21.9 Å². The topological polar surface area (TPSA) is 64.7 Å². The molecule has 1 aliphatic heterocycles. The van der Waals surface area contributed by atoms with Gasteiger partial charge in [0.2, 0.25) is 0 Å². The number of nitrogens with one attached hydrogen (secondary N) is 2. The van der Waals surface area contributed by atoms with Crippen molar-refractivity contribution in [1.82, 2.24) is 4.90 Å². The summed E-state index contributed by atoms with van der Waals surface area (Å²) in [6.45, 7) is 3.67. The molecule has 6 nitrogen and oxygen atoms in total. The minimum atomic E-state index is -0.330. The van der Waals surface area contributed by atoms with Gasteiger partial charge in [0, 0.05) is 44.2 Å². The van der Waals surface area contributed by atoms with E-state index in [1.165, 1.54) is 12.0 Å². The predicted molar refractivity (Wildman–Crippen MR) is 119 cm³/mol. The molecule has 154 valence electrons. The molecule has 0 saturated carbocycles. The Morgan fingerprint density at radius 3 is 2.17 bits per heavy atom. The number of urea groups is 1. The first-order chi connectivity index (χ1) is 14.0. The Balaban J connectivity index is 1.74. The highest BCUT2D eigenvalue weighted by molar-refractivity contribution is 6.04. The molecule has 0 bridgehead atoms. The van der Waals surface area contributed by atoms with Crippen molar-refractivity contribution in [3.05, 3.63) is 53.6 Å². The van der Waals surface area contributed by atoms with Crippen LogP contribution in [0.15, 0.2) is 42.5 Å². The maximum atomic E-state index is 13.1. The summed E-state index contributed by atoms with van der Waals surface area (Å²) in [5.74, 6) is 0.0209. The van der Waals surface area contributed by atoms with Crippen molar-refractivity contribution in [1.29, 1.82) is 0 Å². The number of benzene rings is 2. The predicted octanol–water partition coefficient (Wildman–Crippen LogP) is 4.59. The third kappa shape index (κ3) is 5.28. The second-order valence-electron chi connectivity index (χ2n) is 7.61. The summed E-state index contributed by atoms with van der Waals surface area (Å²) in [4.78, 5) is 29.3. The van der Waals surface area contributed by atoms with E-state index in [9.17, 15) is 9.59 Å². The largest absolute Gasteiger partial charge is 0.377 e. The molecule has 6 heteroatoms. The molecule has 3 rings (SSSR count). The zero-order valence-corrected chi connectivity index (χ0v) is 17.5. The van der Waals surface area contributed by atoms with Crippen molar-refractivity contribution >= 4 is 29.0 Å². The van der Waals surface area contributed by atoms with Crippen molar-refractivity contribution < 1.29 is 9.59 Å². The second-order valence-corrected chi connectivity index (χ2v) is 7.61. The minimum absolute atomic E-state index is 0.0209. The molecule has 0 atom stereocenters. The Morgan fingerprint density at radius 2 is 1.55 bits per heavy atom. The Labute approximate surface area is 172 Å². The van der Waals surface area contributed by atoms with Crippen LogP contribution < -0.4 is 15.5 Å². The van der Waals surface area contributed by atoms with Crippen LogP contribution in [0.25, 0.3) is 0 Å². The first-order valence-corrected chi connectivity index (χ1v) is 10.3. The van der Waals surface area contributed by atoms with Gasteiger partial charge in [-0.25, -0.2) is 4.79 Å². The summed E-state index contributed by atoms with van der Waals surface area (Å²) in [6.07, 6.45) is 4.21. The fourth-order valence-electron chi connectivity index (χ4n) is 3.56. The van der Waals surface area contributed by atoms with E-state index < -0.39 is 0 Å². The van der Waals surface area contributed by atoms with Crippen molar-refractivity contribution in [3.8, 4) is 0 Å². The van der Waals surface area contributed by atoms with Crippen LogP contribution in [0, 0.1) is 0 Å². The Hall–Kier alpha value is -3.02. The lowest BCUT2D eigenvalue weighted by Crippen LogP contribution is -2.36. The highest BCUT2D eigenvalue weighted by Crippen LogP contribution is 2.26. The van der Waals surface area contributed by atoms with E-state index in [1.54, 1.807) is 6.07 Å². The molecule has 0 aromatic heterocycles. The molecule has 1 heterocycles. The van der Waals surface area contributed by atoms with Gasteiger partial charge < -0.3 is 20.4 Å². The second kappa shape index (κ2) is 9.45. The normalized spacial score (nSPS) is 13.7.